The van der Waals surface area contributed by atoms with E-state index in [-0.39, 0.29) is 25.0 Å². The number of carbonyl (C=O) groups is 1. The van der Waals surface area contributed by atoms with Crippen molar-refractivity contribution in [1.29, 1.82) is 0 Å². The lowest BCUT2D eigenvalue weighted by atomic mass is 9.80. The maximum atomic E-state index is 11.9. The minimum absolute atomic E-state index is 0. The van der Waals surface area contributed by atoms with Gasteiger partial charge >= 0.3 is 0 Å². The topological polar surface area (TPSA) is 48.1 Å². The molecule has 6 nitrogen and oxygen atoms in total. The zero-order valence-electron chi connectivity index (χ0n) is 17.7. The van der Waals surface area contributed by atoms with E-state index < -0.39 is 0 Å². The van der Waals surface area contributed by atoms with Gasteiger partial charge in [0, 0.05) is 72.7 Å². The van der Waals surface area contributed by atoms with E-state index >= 15 is 0 Å². The van der Waals surface area contributed by atoms with Crippen molar-refractivity contribution in [2.75, 3.05) is 65.4 Å². The molecule has 0 aliphatic carbocycles. The Hall–Kier alpha value is -0.690. The third kappa shape index (κ3) is 5.66. The summed E-state index contributed by atoms with van der Waals surface area (Å²) in [5, 5.41) is 3.05. The number of piperidine rings is 1. The van der Waals surface area contributed by atoms with Crippen LogP contribution < -0.4 is 5.32 Å². The zero-order chi connectivity index (χ0) is 19.3. The summed E-state index contributed by atoms with van der Waals surface area (Å²) in [5.74, 6) is 0.267. The summed E-state index contributed by atoms with van der Waals surface area (Å²) >= 11 is 0. The van der Waals surface area contributed by atoms with E-state index in [0.717, 1.165) is 38.8 Å². The monoisotopic (exact) mass is 382 g/mol. The van der Waals surface area contributed by atoms with Crippen molar-refractivity contribution in [2.24, 2.45) is 5.92 Å². The maximum absolute atomic E-state index is 11.9. The fourth-order valence-electron chi connectivity index (χ4n) is 4.56. The van der Waals surface area contributed by atoms with Gasteiger partial charge in [0.25, 0.3) is 0 Å². The van der Waals surface area contributed by atoms with Crippen molar-refractivity contribution < 1.29 is 11.0 Å². The van der Waals surface area contributed by atoms with Crippen LogP contribution in [-0.2, 0) is 9.53 Å². The van der Waals surface area contributed by atoms with E-state index in [1.165, 1.54) is 45.8 Å². The second-order valence-corrected chi connectivity index (χ2v) is 8.80. The van der Waals surface area contributed by atoms with Gasteiger partial charge in [-0.15, -0.1) is 0 Å². The van der Waals surface area contributed by atoms with Gasteiger partial charge in [0.15, 0.2) is 0 Å². The van der Waals surface area contributed by atoms with E-state index in [1.807, 2.05) is 6.92 Å². The van der Waals surface area contributed by atoms with E-state index in [9.17, 15) is 4.79 Å². The zero-order valence-corrected chi connectivity index (χ0v) is 17.7. The normalized spacial score (nSPS) is 28.0. The molecule has 1 spiro atoms. The molecule has 3 aliphatic heterocycles. The molecule has 0 saturated carbocycles. The minimum Gasteiger partial charge on any atom is -0.370 e. The summed E-state index contributed by atoms with van der Waals surface area (Å²) in [6, 6.07) is 0. The average molecular weight is 383 g/mol. The highest BCUT2D eigenvalue weighted by Crippen LogP contribution is 2.41. The molecule has 2 atom stereocenters. The van der Waals surface area contributed by atoms with Crippen LogP contribution in [0, 0.1) is 5.92 Å². The maximum Gasteiger partial charge on any atom is 0.222 e. The number of hydrogen-bond donors (Lipinski definition) is 1. The van der Waals surface area contributed by atoms with Crippen molar-refractivity contribution >= 4 is 5.91 Å². The molecule has 2 unspecified atom stereocenters. The van der Waals surface area contributed by atoms with Crippen molar-refractivity contribution in [1.82, 2.24) is 20.0 Å². The quantitative estimate of drug-likeness (QED) is 0.692. The molecule has 3 aliphatic rings. The lowest BCUT2D eigenvalue weighted by Crippen LogP contribution is -2.59. The Bertz CT molecular complexity index is 469. The summed E-state index contributed by atoms with van der Waals surface area (Å²) in [6.45, 7) is 17.8. The summed E-state index contributed by atoms with van der Waals surface area (Å²) in [4.78, 5) is 19.7. The first-order valence-electron chi connectivity index (χ1n) is 11.2. The van der Waals surface area contributed by atoms with Gasteiger partial charge in [-0.05, 0) is 25.8 Å². The first-order valence-corrected chi connectivity index (χ1v) is 11.2. The standard InChI is InChI=1S/C21H40N4O2.H2/c1-4-18(3)20(26)22-17-19-16-21(27-19)6-8-24(9-7-21)14-15-25-12-10-23(5-2)11-13-25;/h18-19H,4-17H2,1-3H3,(H,22,26);1H. The summed E-state index contributed by atoms with van der Waals surface area (Å²) in [5.41, 5.74) is 0.106. The van der Waals surface area contributed by atoms with E-state index in [4.69, 9.17) is 4.74 Å². The van der Waals surface area contributed by atoms with Gasteiger partial charge in [0.05, 0.1) is 11.7 Å². The molecule has 3 fully saturated rings. The largest absolute Gasteiger partial charge is 0.370 e. The summed E-state index contributed by atoms with van der Waals surface area (Å²) in [7, 11) is 0. The number of nitrogens with one attached hydrogen (secondary N) is 1. The SMILES string of the molecule is CCC(C)C(=O)NCC1CC2(CCN(CCN3CCN(CC)CC3)CC2)O1.[HH]. The minimum atomic E-state index is 0. The van der Waals surface area contributed by atoms with Gasteiger partial charge in [-0.25, -0.2) is 0 Å². The molecule has 0 aromatic rings. The van der Waals surface area contributed by atoms with Crippen LogP contribution in [0.5, 0.6) is 0 Å². The molecule has 0 aromatic heterocycles. The fourth-order valence-corrected chi connectivity index (χ4v) is 4.56. The van der Waals surface area contributed by atoms with Crippen molar-refractivity contribution in [3.8, 4) is 0 Å². The first kappa shape index (κ1) is 21.0. The molecule has 3 heterocycles. The van der Waals surface area contributed by atoms with Crippen LogP contribution in [0.2, 0.25) is 0 Å². The number of carbonyl (C=O) groups excluding carboxylic acids is 1. The molecule has 0 bridgehead atoms. The molecule has 1 amide bonds. The molecule has 0 radical (unpaired) electrons. The van der Waals surface area contributed by atoms with Gasteiger partial charge in [0.1, 0.15) is 0 Å². The second kappa shape index (κ2) is 9.68. The second-order valence-electron chi connectivity index (χ2n) is 8.80. The Morgan fingerprint density at radius 3 is 2.19 bits per heavy atom. The Labute approximate surface area is 167 Å². The van der Waals surface area contributed by atoms with E-state index in [0.29, 0.717) is 6.54 Å². The smallest absolute Gasteiger partial charge is 0.222 e. The van der Waals surface area contributed by atoms with Crippen LogP contribution in [0.3, 0.4) is 0 Å². The van der Waals surface area contributed by atoms with Gasteiger partial charge in [-0.2, -0.15) is 0 Å². The molecule has 158 valence electrons. The molecule has 1 N–H and O–H groups in total. The number of rotatable bonds is 8. The number of likely N-dealkylation sites (tertiary alicyclic amines) is 1. The number of nitrogens with zero attached hydrogens (tertiary/aromatic N) is 3. The third-order valence-corrected chi connectivity index (χ3v) is 6.99. The van der Waals surface area contributed by atoms with Crippen molar-refractivity contribution in [3.63, 3.8) is 0 Å². The highest BCUT2D eigenvalue weighted by Gasteiger charge is 2.47. The summed E-state index contributed by atoms with van der Waals surface area (Å²) in [6.07, 6.45) is 4.52. The lowest BCUT2D eigenvalue weighted by molar-refractivity contribution is -0.223. The van der Waals surface area contributed by atoms with Gasteiger partial charge < -0.3 is 19.9 Å². The summed E-state index contributed by atoms with van der Waals surface area (Å²) < 4.78 is 6.24. The molecular formula is C21H42N4O2. The number of likely N-dealkylation sites (N-methyl/N-ethyl adjacent to an activating group) is 1. The van der Waals surface area contributed by atoms with E-state index in [2.05, 4.69) is 33.9 Å². The van der Waals surface area contributed by atoms with Crippen LogP contribution >= 0.6 is 0 Å². The van der Waals surface area contributed by atoms with Crippen LogP contribution in [-0.4, -0.2) is 97.8 Å². The molecule has 3 saturated heterocycles. The van der Waals surface area contributed by atoms with E-state index in [1.54, 1.807) is 0 Å². The van der Waals surface area contributed by atoms with Crippen molar-refractivity contribution in [2.45, 2.75) is 58.2 Å². The van der Waals surface area contributed by atoms with Crippen molar-refractivity contribution in [3.05, 3.63) is 0 Å². The Balaban J connectivity index is 0.00000280. The van der Waals surface area contributed by atoms with Gasteiger partial charge in [-0.1, -0.05) is 20.8 Å². The first-order chi connectivity index (χ1) is 13.0. The van der Waals surface area contributed by atoms with Crippen LogP contribution in [0.4, 0.5) is 0 Å². The average Bonchev–Trinajstić information content (AvgIpc) is 2.69. The van der Waals surface area contributed by atoms with Gasteiger partial charge in [0.2, 0.25) is 5.91 Å². The molecule has 3 rings (SSSR count). The van der Waals surface area contributed by atoms with Crippen LogP contribution in [0.15, 0.2) is 0 Å². The predicted molar refractivity (Wildman–Crippen MR) is 111 cm³/mol. The van der Waals surface area contributed by atoms with Crippen LogP contribution in [0.1, 0.15) is 47.9 Å². The lowest BCUT2D eigenvalue weighted by Gasteiger charge is -2.52. The van der Waals surface area contributed by atoms with Crippen LogP contribution in [0.25, 0.3) is 0 Å². The molecular weight excluding hydrogens is 340 g/mol. The molecule has 6 heteroatoms. The number of ether oxygens (including phenoxy) is 1. The Morgan fingerprint density at radius 1 is 1.07 bits per heavy atom. The number of piperazine rings is 1. The number of hydrogen-bond acceptors (Lipinski definition) is 5. The third-order valence-electron chi connectivity index (χ3n) is 6.99. The highest BCUT2D eigenvalue weighted by molar-refractivity contribution is 5.78. The fraction of sp³-hybridized carbons (Fsp3) is 0.952. The molecule has 27 heavy (non-hydrogen) atoms. The Morgan fingerprint density at radius 2 is 1.63 bits per heavy atom. The molecule has 0 aromatic carbocycles. The Kier molecular flexibility index (Phi) is 7.54. The number of amides is 1. The highest BCUT2D eigenvalue weighted by atomic mass is 16.5. The van der Waals surface area contributed by atoms with Gasteiger partial charge in [-0.3, -0.25) is 9.69 Å². The predicted octanol–water partition coefficient (Wildman–Crippen LogP) is 1.66.